The van der Waals surface area contributed by atoms with Crippen molar-refractivity contribution in [2.24, 2.45) is 0 Å². The normalized spacial score (nSPS) is 29.9. The summed E-state index contributed by atoms with van der Waals surface area (Å²) in [6, 6.07) is 0. The zero-order valence-corrected chi connectivity index (χ0v) is 15.2. The van der Waals surface area contributed by atoms with Crippen LogP contribution in [0.5, 0.6) is 0 Å². The fraction of sp³-hybridized carbons (Fsp3) is 0.929. The molecule has 0 aromatic heterocycles. The van der Waals surface area contributed by atoms with Gasteiger partial charge in [-0.05, 0) is 0 Å². The third-order valence-electron chi connectivity index (χ3n) is 4.73. The van der Waals surface area contributed by atoms with Gasteiger partial charge in [0.15, 0.2) is 18.5 Å². The molecule has 0 aromatic carbocycles. The van der Waals surface area contributed by atoms with Crippen molar-refractivity contribution < 1.29 is 86.3 Å². The Morgan fingerprint density at radius 3 is 1.70 bits per heavy atom. The van der Waals surface area contributed by atoms with Crippen LogP contribution in [0.3, 0.4) is 0 Å². The maximum atomic E-state index is 13.6. The number of halogens is 13. The van der Waals surface area contributed by atoms with Gasteiger partial charge in [-0.2, -0.15) is 57.1 Å². The minimum Gasteiger partial charge on any atom is -0.454 e. The lowest BCUT2D eigenvalue weighted by atomic mass is 9.93. The van der Waals surface area contributed by atoms with E-state index < -0.39 is 85.5 Å². The summed E-state index contributed by atoms with van der Waals surface area (Å²) in [6.45, 7) is -1.83. The zero-order chi connectivity index (χ0) is 26.0. The van der Waals surface area contributed by atoms with E-state index in [1.54, 1.807) is 0 Å². The van der Waals surface area contributed by atoms with Crippen molar-refractivity contribution in [1.29, 1.82) is 0 Å². The molecule has 2 aliphatic heterocycles. The maximum absolute atomic E-state index is 13.6. The number of hydrogen-bond acceptors (Lipinski definition) is 6. The molecule has 5 atom stereocenters. The highest BCUT2D eigenvalue weighted by Crippen LogP contribution is 2.60. The molecule has 1 unspecified atom stereocenters. The molecule has 0 aromatic rings. The van der Waals surface area contributed by atoms with Crippen molar-refractivity contribution in [2.45, 2.75) is 72.9 Å². The summed E-state index contributed by atoms with van der Waals surface area (Å²) in [4.78, 5) is 11.1. The topological polar surface area (TPSA) is 85.2 Å². The van der Waals surface area contributed by atoms with Gasteiger partial charge in [0, 0.05) is 6.42 Å². The lowest BCUT2D eigenvalue weighted by Gasteiger charge is -2.39. The van der Waals surface area contributed by atoms with E-state index in [4.69, 9.17) is 4.74 Å². The first-order chi connectivity index (χ1) is 14.5. The average molecular weight is 522 g/mol. The standard InChI is InChI=1S/C14H11F13O6/c15-9(16,1-2-31-8-4(29)6-5(33-8)3(28)7(30)32-6)10(17,18)11(19,20)12(21,22)13(23,24)14(25,26)27/h3-6,8,28-29H,1-2H2/t3?,4-,5-,6-,8-/m1/s1. The van der Waals surface area contributed by atoms with Gasteiger partial charge < -0.3 is 24.4 Å². The molecule has 0 aliphatic carbocycles. The van der Waals surface area contributed by atoms with Gasteiger partial charge in [0.25, 0.3) is 0 Å². The number of rotatable bonds is 8. The van der Waals surface area contributed by atoms with E-state index in [0.717, 1.165) is 0 Å². The smallest absolute Gasteiger partial charge is 0.454 e. The maximum Gasteiger partial charge on any atom is 0.460 e. The lowest BCUT2D eigenvalue weighted by Crippen LogP contribution is -2.70. The van der Waals surface area contributed by atoms with Crippen LogP contribution in [0.2, 0.25) is 0 Å². The molecule has 2 aliphatic rings. The Morgan fingerprint density at radius 1 is 0.758 bits per heavy atom. The molecular weight excluding hydrogens is 511 g/mol. The van der Waals surface area contributed by atoms with Crippen molar-refractivity contribution in [2.75, 3.05) is 6.61 Å². The number of carbonyl (C=O) groups is 1. The first-order valence-electron chi connectivity index (χ1n) is 8.34. The number of aliphatic hydroxyl groups excluding tert-OH is 2. The van der Waals surface area contributed by atoms with E-state index in [1.807, 2.05) is 0 Å². The van der Waals surface area contributed by atoms with Gasteiger partial charge in [0.1, 0.15) is 12.2 Å². The van der Waals surface area contributed by atoms with Gasteiger partial charge in [-0.25, -0.2) is 4.79 Å². The molecule has 33 heavy (non-hydrogen) atoms. The Balaban J connectivity index is 2.13. The van der Waals surface area contributed by atoms with Crippen molar-refractivity contribution in [3.05, 3.63) is 0 Å². The largest absolute Gasteiger partial charge is 0.460 e. The van der Waals surface area contributed by atoms with E-state index in [-0.39, 0.29) is 0 Å². The molecule has 0 radical (unpaired) electrons. The Hall–Kier alpha value is -1.60. The Bertz CT molecular complexity index is 754. The van der Waals surface area contributed by atoms with Crippen molar-refractivity contribution in [3.63, 3.8) is 0 Å². The molecule has 0 bridgehead atoms. The van der Waals surface area contributed by atoms with Gasteiger partial charge >= 0.3 is 41.8 Å². The molecule has 2 saturated heterocycles. The van der Waals surface area contributed by atoms with Gasteiger partial charge in [-0.15, -0.1) is 0 Å². The minimum absolute atomic E-state index is 1.27. The number of alkyl halides is 13. The van der Waals surface area contributed by atoms with E-state index in [0.29, 0.717) is 0 Å². The van der Waals surface area contributed by atoms with E-state index in [2.05, 4.69) is 9.47 Å². The Kier molecular flexibility index (Phi) is 6.68. The van der Waals surface area contributed by atoms with Crippen molar-refractivity contribution in [3.8, 4) is 0 Å². The molecule has 0 spiro atoms. The number of fused-ring (bicyclic) bond motifs is 1. The third-order valence-corrected chi connectivity index (χ3v) is 4.73. The minimum atomic E-state index is -8.01. The molecule has 2 fully saturated rings. The Labute approximate surface area is 173 Å². The molecule has 2 N–H and O–H groups in total. The van der Waals surface area contributed by atoms with Crippen LogP contribution in [-0.2, 0) is 19.0 Å². The van der Waals surface area contributed by atoms with Gasteiger partial charge in [0.2, 0.25) is 0 Å². The van der Waals surface area contributed by atoms with Crippen LogP contribution in [-0.4, -0.2) is 89.3 Å². The number of esters is 1. The monoisotopic (exact) mass is 522 g/mol. The second kappa shape index (κ2) is 7.98. The summed E-state index contributed by atoms with van der Waals surface area (Å²) >= 11 is 0. The van der Waals surface area contributed by atoms with Crippen molar-refractivity contribution >= 4 is 5.97 Å². The molecule has 19 heteroatoms. The van der Waals surface area contributed by atoms with Gasteiger partial charge in [-0.3, -0.25) is 0 Å². The van der Waals surface area contributed by atoms with E-state index in [1.165, 1.54) is 0 Å². The number of ether oxygens (including phenoxy) is 3. The quantitative estimate of drug-likeness (QED) is 0.377. The summed E-state index contributed by atoms with van der Waals surface area (Å²) in [5, 5.41) is 19.1. The summed E-state index contributed by atoms with van der Waals surface area (Å²) in [7, 11) is 0. The Morgan fingerprint density at radius 2 is 1.24 bits per heavy atom. The van der Waals surface area contributed by atoms with Gasteiger partial charge in [-0.1, -0.05) is 0 Å². The van der Waals surface area contributed by atoms with Crippen molar-refractivity contribution in [1.82, 2.24) is 0 Å². The van der Waals surface area contributed by atoms with Crippen LogP contribution in [0.25, 0.3) is 0 Å². The van der Waals surface area contributed by atoms with E-state index in [9.17, 15) is 72.1 Å². The van der Waals surface area contributed by atoms with E-state index >= 15 is 0 Å². The van der Waals surface area contributed by atoms with Crippen LogP contribution in [0, 0.1) is 0 Å². The summed E-state index contributed by atoms with van der Waals surface area (Å²) in [6.07, 6.45) is -19.5. The molecular formula is C14H11F13O6. The number of carbonyl (C=O) groups excluding carboxylic acids is 1. The predicted octanol–water partition coefficient (Wildman–Crippen LogP) is 2.50. The number of aliphatic hydroxyl groups is 2. The third kappa shape index (κ3) is 3.99. The lowest BCUT2D eigenvalue weighted by molar-refractivity contribution is -0.440. The SMILES string of the molecule is O=C1O[C@@H]2[C@@H](O)[C@H](OCCC(F)(F)C(F)(F)C(F)(F)C(F)(F)C(F)(F)C(F)(F)F)O[C@@H]2C1O. The fourth-order valence-electron chi connectivity index (χ4n) is 2.79. The highest BCUT2D eigenvalue weighted by Gasteiger charge is 2.90. The highest BCUT2D eigenvalue weighted by molar-refractivity contribution is 5.78. The zero-order valence-electron chi connectivity index (χ0n) is 15.2. The molecule has 2 rings (SSSR count). The van der Waals surface area contributed by atoms with Crippen LogP contribution in [0.15, 0.2) is 0 Å². The van der Waals surface area contributed by atoms with Crippen LogP contribution >= 0.6 is 0 Å². The van der Waals surface area contributed by atoms with Crippen LogP contribution in [0.4, 0.5) is 57.1 Å². The highest BCUT2D eigenvalue weighted by atomic mass is 19.4. The first kappa shape index (κ1) is 27.6. The predicted molar refractivity (Wildman–Crippen MR) is 71.9 cm³/mol. The first-order valence-corrected chi connectivity index (χ1v) is 8.34. The summed E-state index contributed by atoms with van der Waals surface area (Å²) in [5.74, 6) is -38.8. The van der Waals surface area contributed by atoms with Crippen LogP contribution < -0.4 is 0 Å². The molecule has 6 nitrogen and oxygen atoms in total. The number of hydrogen-bond donors (Lipinski definition) is 2. The fourth-order valence-corrected chi connectivity index (χ4v) is 2.79. The molecule has 194 valence electrons. The second-order valence-corrected chi connectivity index (χ2v) is 6.93. The van der Waals surface area contributed by atoms with Crippen LogP contribution in [0.1, 0.15) is 6.42 Å². The summed E-state index contributed by atoms with van der Waals surface area (Å²) < 4.78 is 182. The second-order valence-electron chi connectivity index (χ2n) is 6.93. The molecule has 2 heterocycles. The average Bonchev–Trinajstić information content (AvgIpc) is 3.10. The molecule has 0 amide bonds. The van der Waals surface area contributed by atoms with Gasteiger partial charge in [0.05, 0.1) is 6.61 Å². The molecule has 0 saturated carbocycles. The summed E-state index contributed by atoms with van der Waals surface area (Å²) in [5.41, 5.74) is 0.